The van der Waals surface area contributed by atoms with E-state index in [1.165, 1.54) is 18.2 Å². The van der Waals surface area contributed by atoms with Gasteiger partial charge in [-0.05, 0) is 30.9 Å². The molecule has 2 heterocycles. The monoisotopic (exact) mass is 551 g/mol. The highest BCUT2D eigenvalue weighted by Crippen LogP contribution is 2.76. The molecule has 5 aliphatic rings. The third-order valence-corrected chi connectivity index (χ3v) is 8.78. The standard InChI is InChI=1S/C29H29NO10/c1-4-11-35-24(32)30-16-27-14-17-7-8-19(38-25(33)36-12-5-2)21-20(17)28(15-27)22(39-21)18(31)9-10-29(28,23(27)30)40-26(34)37-13-6-3/h4-8,22-23H,1-3,9-16H2/t22-,23+,27?,28?,29?/m0/s1. The number of benzene rings is 1. The summed E-state index contributed by atoms with van der Waals surface area (Å²) in [5.41, 5.74) is -1.48. The van der Waals surface area contributed by atoms with Crippen molar-refractivity contribution in [2.75, 3.05) is 26.4 Å². The van der Waals surface area contributed by atoms with Crippen LogP contribution in [0.25, 0.3) is 0 Å². The van der Waals surface area contributed by atoms with Crippen LogP contribution in [-0.4, -0.2) is 73.2 Å². The van der Waals surface area contributed by atoms with Crippen molar-refractivity contribution in [3.8, 4) is 11.5 Å². The number of carbonyl (C=O) groups is 4. The molecule has 0 N–H and O–H groups in total. The number of rotatable bonds is 8. The summed E-state index contributed by atoms with van der Waals surface area (Å²) in [5, 5.41) is 0. The largest absolute Gasteiger partial charge is 0.514 e. The predicted molar refractivity (Wildman–Crippen MR) is 137 cm³/mol. The number of ketones is 1. The van der Waals surface area contributed by atoms with E-state index in [1.807, 2.05) is 6.07 Å². The fourth-order valence-electron chi connectivity index (χ4n) is 7.85. The van der Waals surface area contributed by atoms with Crippen LogP contribution in [0.2, 0.25) is 0 Å². The molecule has 1 aromatic carbocycles. The molecule has 1 saturated heterocycles. The van der Waals surface area contributed by atoms with E-state index in [4.69, 9.17) is 28.4 Å². The van der Waals surface area contributed by atoms with Crippen LogP contribution in [0.3, 0.4) is 0 Å². The first kappa shape index (κ1) is 26.0. The van der Waals surface area contributed by atoms with E-state index in [0.29, 0.717) is 24.9 Å². The Morgan fingerprint density at radius 3 is 2.45 bits per heavy atom. The lowest BCUT2D eigenvalue weighted by atomic mass is 9.57. The molecule has 210 valence electrons. The number of ether oxygens (including phenoxy) is 6. The molecular weight excluding hydrogens is 522 g/mol. The fourth-order valence-corrected chi connectivity index (χ4v) is 7.85. The van der Waals surface area contributed by atoms with Gasteiger partial charge in [-0.1, -0.05) is 44.0 Å². The maximum atomic E-state index is 13.5. The Morgan fingerprint density at radius 1 is 1.02 bits per heavy atom. The molecule has 11 nitrogen and oxygen atoms in total. The first-order chi connectivity index (χ1) is 19.3. The summed E-state index contributed by atoms with van der Waals surface area (Å²) in [6.07, 6.45) is 1.98. The molecule has 1 aromatic rings. The topological polar surface area (TPSA) is 127 Å². The van der Waals surface area contributed by atoms with Crippen molar-refractivity contribution in [1.29, 1.82) is 0 Å². The van der Waals surface area contributed by atoms with E-state index in [1.54, 1.807) is 11.0 Å². The number of carbonyl (C=O) groups excluding carboxylic acids is 4. The SMILES string of the molecule is C=CCOC(=O)Oc1ccc2c3c1O[C@H]1C(=O)CCC4(OC(=O)OCC=C)[C@@H]5N(C(=O)OCC=C)CC5(C2)CC314. The summed E-state index contributed by atoms with van der Waals surface area (Å²) in [7, 11) is 0. The van der Waals surface area contributed by atoms with Crippen LogP contribution >= 0.6 is 0 Å². The van der Waals surface area contributed by atoms with Crippen LogP contribution in [0.1, 0.15) is 30.4 Å². The molecule has 1 amide bonds. The van der Waals surface area contributed by atoms with Crippen molar-refractivity contribution in [3.63, 3.8) is 0 Å². The Bertz CT molecular complexity index is 1350. The zero-order valence-electron chi connectivity index (χ0n) is 21.8. The molecule has 2 bridgehead atoms. The molecule has 11 heteroatoms. The summed E-state index contributed by atoms with van der Waals surface area (Å²) in [6, 6.07) is 2.83. The Balaban J connectivity index is 1.50. The summed E-state index contributed by atoms with van der Waals surface area (Å²) < 4.78 is 33.7. The molecule has 0 radical (unpaired) electrons. The van der Waals surface area contributed by atoms with Crippen molar-refractivity contribution in [2.45, 2.75) is 48.8 Å². The number of hydrogen-bond acceptors (Lipinski definition) is 10. The summed E-state index contributed by atoms with van der Waals surface area (Å²) >= 11 is 0. The van der Waals surface area contributed by atoms with E-state index >= 15 is 0 Å². The van der Waals surface area contributed by atoms with Gasteiger partial charge in [0.15, 0.2) is 29.0 Å². The molecule has 6 rings (SSSR count). The fraction of sp³-hybridized carbons (Fsp3) is 0.448. The summed E-state index contributed by atoms with van der Waals surface area (Å²) in [4.78, 5) is 53.7. The van der Waals surface area contributed by atoms with Crippen molar-refractivity contribution >= 4 is 24.2 Å². The number of Topliss-reactive ketones (excluding diaryl/α,β-unsaturated/α-hetero) is 1. The van der Waals surface area contributed by atoms with Crippen molar-refractivity contribution < 1.29 is 47.6 Å². The minimum Gasteiger partial charge on any atom is -0.477 e. The molecule has 3 fully saturated rings. The quantitative estimate of drug-likeness (QED) is 0.204. The summed E-state index contributed by atoms with van der Waals surface area (Å²) in [5.74, 6) is 0.155. The Kier molecular flexibility index (Phi) is 5.93. The van der Waals surface area contributed by atoms with Gasteiger partial charge in [0, 0.05) is 23.9 Å². The van der Waals surface area contributed by atoms with Gasteiger partial charge in [0.25, 0.3) is 0 Å². The van der Waals surface area contributed by atoms with Crippen molar-refractivity contribution in [3.05, 3.63) is 61.2 Å². The zero-order chi connectivity index (χ0) is 28.3. The number of hydrogen-bond donors (Lipinski definition) is 0. The Morgan fingerprint density at radius 2 is 1.73 bits per heavy atom. The third kappa shape index (κ3) is 3.29. The van der Waals surface area contributed by atoms with E-state index in [9.17, 15) is 19.2 Å². The lowest BCUT2D eigenvalue weighted by Gasteiger charge is -2.57. The average Bonchev–Trinajstić information content (AvgIpc) is 3.36. The van der Waals surface area contributed by atoms with Gasteiger partial charge in [-0.3, -0.25) is 9.69 Å². The maximum Gasteiger partial charge on any atom is 0.514 e. The van der Waals surface area contributed by atoms with Crippen molar-refractivity contribution in [2.24, 2.45) is 5.41 Å². The van der Waals surface area contributed by atoms with Gasteiger partial charge in [-0.25, -0.2) is 14.4 Å². The lowest BCUT2D eigenvalue weighted by Crippen LogP contribution is -2.74. The summed E-state index contributed by atoms with van der Waals surface area (Å²) in [6.45, 7) is 11.0. The molecule has 2 aliphatic heterocycles. The van der Waals surface area contributed by atoms with Gasteiger partial charge in [0.1, 0.15) is 19.8 Å². The molecule has 3 aliphatic carbocycles. The highest BCUT2D eigenvalue weighted by molar-refractivity contribution is 5.91. The molecule has 40 heavy (non-hydrogen) atoms. The minimum atomic E-state index is -1.37. The van der Waals surface area contributed by atoms with E-state index in [-0.39, 0.29) is 49.9 Å². The van der Waals surface area contributed by atoms with Crippen LogP contribution < -0.4 is 9.47 Å². The molecule has 2 spiro atoms. The second-order valence-electron chi connectivity index (χ2n) is 10.8. The molecule has 3 unspecified atom stereocenters. The van der Waals surface area contributed by atoms with E-state index < -0.39 is 47.0 Å². The van der Waals surface area contributed by atoms with Crippen LogP contribution in [0.4, 0.5) is 14.4 Å². The zero-order valence-corrected chi connectivity index (χ0v) is 21.8. The minimum absolute atomic E-state index is 0.0205. The second kappa shape index (κ2) is 9.14. The molecular formula is C29H29NO10. The maximum absolute atomic E-state index is 13.5. The predicted octanol–water partition coefficient (Wildman–Crippen LogP) is 3.78. The number of amides is 1. The molecule has 5 atom stereocenters. The van der Waals surface area contributed by atoms with Gasteiger partial charge < -0.3 is 28.4 Å². The normalized spacial score (nSPS) is 31.4. The third-order valence-electron chi connectivity index (χ3n) is 8.78. The highest BCUT2D eigenvalue weighted by atomic mass is 16.7. The molecule has 0 aromatic heterocycles. The average molecular weight is 552 g/mol. The lowest BCUT2D eigenvalue weighted by molar-refractivity contribution is -0.172. The van der Waals surface area contributed by atoms with Crippen LogP contribution in [0.5, 0.6) is 11.5 Å². The van der Waals surface area contributed by atoms with Crippen LogP contribution in [0, 0.1) is 5.41 Å². The van der Waals surface area contributed by atoms with Gasteiger partial charge in [0.2, 0.25) is 0 Å². The Hall–Kier alpha value is -4.28. The number of likely N-dealkylation sites (tertiary alicyclic amines) is 1. The van der Waals surface area contributed by atoms with Crippen molar-refractivity contribution in [1.82, 2.24) is 4.90 Å². The first-order valence-electron chi connectivity index (χ1n) is 13.1. The van der Waals surface area contributed by atoms with Gasteiger partial charge in [-0.15, -0.1) is 0 Å². The number of nitrogens with zero attached hydrogens (tertiary/aromatic N) is 1. The van der Waals surface area contributed by atoms with Gasteiger partial charge >= 0.3 is 18.4 Å². The highest BCUT2D eigenvalue weighted by Gasteiger charge is 2.86. The van der Waals surface area contributed by atoms with Crippen LogP contribution in [0.15, 0.2) is 50.1 Å². The Labute approximate surface area is 230 Å². The molecule has 2 saturated carbocycles. The van der Waals surface area contributed by atoms with Gasteiger partial charge in [-0.2, -0.15) is 0 Å². The van der Waals surface area contributed by atoms with E-state index in [0.717, 1.165) is 5.56 Å². The van der Waals surface area contributed by atoms with Crippen LogP contribution in [-0.2, 0) is 35.6 Å². The first-order valence-corrected chi connectivity index (χ1v) is 13.1. The second-order valence-corrected chi connectivity index (χ2v) is 10.8. The smallest absolute Gasteiger partial charge is 0.477 e. The van der Waals surface area contributed by atoms with Gasteiger partial charge in [0.05, 0.1) is 11.5 Å². The number of fused-ring (bicyclic) bond motifs is 1. The van der Waals surface area contributed by atoms with E-state index in [2.05, 4.69) is 19.7 Å².